The molecule has 1 aliphatic heterocycles. The first kappa shape index (κ1) is 16.4. The number of aromatic nitrogens is 2. The van der Waals surface area contributed by atoms with Gasteiger partial charge in [0, 0.05) is 68.0 Å². The van der Waals surface area contributed by atoms with Gasteiger partial charge in [-0.05, 0) is 18.5 Å². The molecular formula is C17H25N5S. The Morgan fingerprint density at radius 3 is 2.61 bits per heavy atom. The van der Waals surface area contributed by atoms with E-state index in [0.717, 1.165) is 50.8 Å². The predicted molar refractivity (Wildman–Crippen MR) is 96.2 cm³/mol. The third kappa shape index (κ3) is 4.50. The summed E-state index contributed by atoms with van der Waals surface area (Å²) in [6.07, 6.45) is 3.90. The third-order valence-electron chi connectivity index (χ3n) is 4.29. The molecule has 0 radical (unpaired) electrons. The largest absolute Gasteiger partial charge is 0.338 e. The van der Waals surface area contributed by atoms with E-state index in [0.29, 0.717) is 5.92 Å². The zero-order chi connectivity index (χ0) is 16.1. The van der Waals surface area contributed by atoms with Gasteiger partial charge >= 0.3 is 0 Å². The van der Waals surface area contributed by atoms with Crippen LogP contribution in [0, 0.1) is 0 Å². The molecule has 1 saturated heterocycles. The minimum absolute atomic E-state index is 0.542. The maximum Gasteiger partial charge on any atom is 0.225 e. The Morgan fingerprint density at radius 1 is 1.22 bits per heavy atom. The van der Waals surface area contributed by atoms with Crippen molar-refractivity contribution in [1.82, 2.24) is 20.2 Å². The maximum atomic E-state index is 4.53. The van der Waals surface area contributed by atoms with E-state index >= 15 is 0 Å². The van der Waals surface area contributed by atoms with Gasteiger partial charge in [0.2, 0.25) is 5.95 Å². The fraction of sp³-hybridized carbons (Fsp3) is 0.529. The van der Waals surface area contributed by atoms with Gasteiger partial charge in [-0.1, -0.05) is 13.0 Å². The number of likely N-dealkylation sites (N-methyl/N-ethyl adjacent to an activating group) is 1. The van der Waals surface area contributed by atoms with Crippen LogP contribution in [0.25, 0.3) is 0 Å². The van der Waals surface area contributed by atoms with E-state index in [4.69, 9.17) is 0 Å². The van der Waals surface area contributed by atoms with Crippen LogP contribution in [0.15, 0.2) is 29.9 Å². The quantitative estimate of drug-likeness (QED) is 0.879. The van der Waals surface area contributed by atoms with Gasteiger partial charge in [0.05, 0.1) is 0 Å². The summed E-state index contributed by atoms with van der Waals surface area (Å²) in [5.41, 5.74) is 1.14. The van der Waals surface area contributed by atoms with Gasteiger partial charge in [0.1, 0.15) is 0 Å². The average Bonchev–Trinajstić information content (AvgIpc) is 3.11. The van der Waals surface area contributed by atoms with Crippen LogP contribution in [0.3, 0.4) is 0 Å². The van der Waals surface area contributed by atoms with Gasteiger partial charge in [0.15, 0.2) is 0 Å². The summed E-state index contributed by atoms with van der Waals surface area (Å²) in [4.78, 5) is 15.1. The molecule has 3 heterocycles. The van der Waals surface area contributed by atoms with Crippen LogP contribution in [-0.4, -0.2) is 54.6 Å². The van der Waals surface area contributed by atoms with E-state index in [2.05, 4.69) is 56.6 Å². The number of thiophene rings is 1. The van der Waals surface area contributed by atoms with Crippen LogP contribution in [0.5, 0.6) is 0 Å². The Labute approximate surface area is 142 Å². The van der Waals surface area contributed by atoms with E-state index in [-0.39, 0.29) is 0 Å². The molecule has 1 N–H and O–H groups in total. The van der Waals surface area contributed by atoms with E-state index in [1.54, 1.807) is 0 Å². The number of hydrogen-bond donors (Lipinski definition) is 1. The number of hydrogen-bond acceptors (Lipinski definition) is 6. The van der Waals surface area contributed by atoms with Gasteiger partial charge < -0.3 is 15.1 Å². The van der Waals surface area contributed by atoms with Crippen LogP contribution in [0.1, 0.15) is 23.3 Å². The molecule has 0 bridgehead atoms. The molecule has 124 valence electrons. The molecule has 0 unspecified atom stereocenters. The summed E-state index contributed by atoms with van der Waals surface area (Å²) < 4.78 is 0. The standard InChI is InChI=1S/C17H25N5S/c1-14(16-4-3-9-23-16)10-18-11-15-12-19-17(20-13-15)22-7-5-21(2)6-8-22/h3-4,9,12-14,18H,5-8,10-11H2,1-2H3/t14-/m0/s1. The summed E-state index contributed by atoms with van der Waals surface area (Å²) in [5, 5.41) is 5.64. The predicted octanol–water partition coefficient (Wildman–Crippen LogP) is 2.18. The van der Waals surface area contributed by atoms with Gasteiger partial charge in [-0.2, -0.15) is 0 Å². The summed E-state index contributed by atoms with van der Waals surface area (Å²) >= 11 is 1.82. The number of anilines is 1. The van der Waals surface area contributed by atoms with Crippen LogP contribution in [0.4, 0.5) is 5.95 Å². The maximum absolute atomic E-state index is 4.53. The van der Waals surface area contributed by atoms with E-state index in [1.807, 2.05) is 23.7 Å². The van der Waals surface area contributed by atoms with Crippen molar-refractivity contribution in [3.63, 3.8) is 0 Å². The monoisotopic (exact) mass is 331 g/mol. The SMILES string of the molecule is C[C@@H](CNCc1cnc(N2CCN(C)CC2)nc1)c1cccs1. The zero-order valence-electron chi connectivity index (χ0n) is 13.9. The van der Waals surface area contributed by atoms with Crippen molar-refractivity contribution >= 4 is 17.3 Å². The van der Waals surface area contributed by atoms with Gasteiger partial charge in [0.25, 0.3) is 0 Å². The van der Waals surface area contributed by atoms with E-state index in [1.165, 1.54) is 4.88 Å². The summed E-state index contributed by atoms with van der Waals surface area (Å²) in [7, 11) is 2.16. The summed E-state index contributed by atoms with van der Waals surface area (Å²) in [6.45, 7) is 8.21. The fourth-order valence-electron chi connectivity index (χ4n) is 2.71. The van der Waals surface area contributed by atoms with Crippen LogP contribution in [0.2, 0.25) is 0 Å². The molecule has 2 aromatic heterocycles. The molecular weight excluding hydrogens is 306 g/mol. The molecule has 0 amide bonds. The van der Waals surface area contributed by atoms with Gasteiger partial charge in [-0.15, -0.1) is 11.3 Å². The van der Waals surface area contributed by atoms with Gasteiger partial charge in [-0.25, -0.2) is 9.97 Å². The lowest BCUT2D eigenvalue weighted by Crippen LogP contribution is -2.45. The second kappa shape index (κ2) is 7.86. The highest BCUT2D eigenvalue weighted by Crippen LogP contribution is 2.19. The lowest BCUT2D eigenvalue weighted by molar-refractivity contribution is 0.311. The normalized spacial score (nSPS) is 17.4. The lowest BCUT2D eigenvalue weighted by atomic mass is 10.1. The average molecular weight is 331 g/mol. The Balaban J connectivity index is 1.46. The van der Waals surface area contributed by atoms with E-state index in [9.17, 15) is 0 Å². The highest BCUT2D eigenvalue weighted by atomic mass is 32.1. The Hall–Kier alpha value is -1.50. The number of piperazine rings is 1. The minimum atomic E-state index is 0.542. The molecule has 2 aromatic rings. The van der Waals surface area contributed by atoms with Crippen molar-refractivity contribution < 1.29 is 0 Å². The minimum Gasteiger partial charge on any atom is -0.338 e. The number of rotatable bonds is 6. The first-order chi connectivity index (χ1) is 11.2. The first-order valence-corrected chi connectivity index (χ1v) is 9.09. The summed E-state index contributed by atoms with van der Waals surface area (Å²) in [6, 6.07) is 4.31. The van der Waals surface area contributed by atoms with E-state index < -0.39 is 0 Å². The van der Waals surface area contributed by atoms with Crippen molar-refractivity contribution in [2.24, 2.45) is 0 Å². The summed E-state index contributed by atoms with van der Waals surface area (Å²) in [5.74, 6) is 1.40. The second-order valence-corrected chi connectivity index (χ2v) is 7.21. The lowest BCUT2D eigenvalue weighted by Gasteiger charge is -2.32. The van der Waals surface area contributed by atoms with Crippen LogP contribution < -0.4 is 10.2 Å². The Bertz CT molecular complexity index is 576. The van der Waals surface area contributed by atoms with Crippen molar-refractivity contribution in [2.45, 2.75) is 19.4 Å². The molecule has 1 fully saturated rings. The van der Waals surface area contributed by atoms with Crippen molar-refractivity contribution in [3.8, 4) is 0 Å². The Kier molecular flexibility index (Phi) is 5.59. The molecule has 6 heteroatoms. The van der Waals surface area contributed by atoms with Gasteiger partial charge in [-0.3, -0.25) is 0 Å². The topological polar surface area (TPSA) is 44.3 Å². The first-order valence-electron chi connectivity index (χ1n) is 8.21. The molecule has 5 nitrogen and oxygen atoms in total. The Morgan fingerprint density at radius 2 is 1.96 bits per heavy atom. The molecule has 23 heavy (non-hydrogen) atoms. The second-order valence-electron chi connectivity index (χ2n) is 6.23. The van der Waals surface area contributed by atoms with Crippen LogP contribution >= 0.6 is 11.3 Å². The number of nitrogens with zero attached hydrogens (tertiary/aromatic N) is 4. The van der Waals surface area contributed by atoms with Crippen molar-refractivity contribution in [1.29, 1.82) is 0 Å². The molecule has 0 aromatic carbocycles. The molecule has 1 aliphatic rings. The number of nitrogens with one attached hydrogen (secondary N) is 1. The molecule has 3 rings (SSSR count). The molecule has 1 atom stereocenters. The molecule has 0 spiro atoms. The zero-order valence-corrected chi connectivity index (χ0v) is 14.7. The highest BCUT2D eigenvalue weighted by molar-refractivity contribution is 7.10. The highest BCUT2D eigenvalue weighted by Gasteiger charge is 2.16. The van der Waals surface area contributed by atoms with Crippen LogP contribution in [-0.2, 0) is 6.54 Å². The van der Waals surface area contributed by atoms with Crippen molar-refractivity contribution in [3.05, 3.63) is 40.3 Å². The third-order valence-corrected chi connectivity index (χ3v) is 5.39. The fourth-order valence-corrected chi connectivity index (χ4v) is 3.50. The molecule has 0 saturated carbocycles. The molecule has 0 aliphatic carbocycles. The smallest absolute Gasteiger partial charge is 0.225 e. The van der Waals surface area contributed by atoms with Crippen molar-refractivity contribution in [2.75, 3.05) is 44.7 Å².